The maximum Gasteiger partial charge on any atom is 0.236 e. The van der Waals surface area contributed by atoms with Crippen LogP contribution in [0.3, 0.4) is 0 Å². The number of para-hydroxylation sites is 1. The fourth-order valence-corrected chi connectivity index (χ4v) is 4.61. The molecule has 1 heterocycles. The van der Waals surface area contributed by atoms with Crippen LogP contribution in [0.5, 0.6) is 0 Å². The summed E-state index contributed by atoms with van der Waals surface area (Å²) in [5, 5.41) is 1.44. The molecule has 0 saturated carbocycles. The van der Waals surface area contributed by atoms with E-state index in [2.05, 4.69) is 36.2 Å². The molecule has 0 aliphatic carbocycles. The normalized spacial score (nSPS) is 11.0. The zero-order valence-corrected chi connectivity index (χ0v) is 18.3. The Kier molecular flexibility index (Phi) is 13.9. The van der Waals surface area contributed by atoms with Gasteiger partial charge in [-0.15, -0.1) is 0 Å². The number of aromatic nitrogens is 1. The molecule has 0 aliphatic heterocycles. The van der Waals surface area contributed by atoms with Gasteiger partial charge in [-0.1, -0.05) is 114 Å². The molecule has 0 fully saturated rings. The first kappa shape index (κ1) is 23.4. The van der Waals surface area contributed by atoms with Crippen LogP contribution < -0.4 is 17.4 Å². The van der Waals surface area contributed by atoms with Crippen LogP contribution in [-0.4, -0.2) is 0 Å². The number of benzene rings is 1. The van der Waals surface area contributed by atoms with E-state index in [0.29, 0.717) is 0 Å². The van der Waals surface area contributed by atoms with Crippen LogP contribution in [0, 0.1) is 0 Å². The van der Waals surface area contributed by atoms with Gasteiger partial charge < -0.3 is 12.4 Å². The Labute approximate surface area is 171 Å². The van der Waals surface area contributed by atoms with Crippen LogP contribution in [-0.2, 0) is 6.42 Å². The molecule has 2 aromatic rings. The molecule has 1 nitrogen and oxygen atoms in total. The van der Waals surface area contributed by atoms with Crippen LogP contribution >= 0.6 is 11.3 Å². The molecular formula is C23H38ClNS. The van der Waals surface area contributed by atoms with Crippen molar-refractivity contribution >= 4 is 21.6 Å². The van der Waals surface area contributed by atoms with E-state index in [1.54, 1.807) is 0 Å². The van der Waals surface area contributed by atoms with Gasteiger partial charge in [0, 0.05) is 12.5 Å². The fraction of sp³-hybridized carbons (Fsp3) is 0.696. The Morgan fingerprint density at radius 3 is 1.73 bits per heavy atom. The number of rotatable bonds is 15. The SMILES string of the molecule is CCCCCCCCCCCCCCCCc1[nH+]c2ccccc2s1.[Cl-]. The number of fused-ring (bicyclic) bond motifs is 1. The van der Waals surface area contributed by atoms with Crippen LogP contribution in [0.2, 0.25) is 0 Å². The Hall–Kier alpha value is -0.600. The third-order valence-corrected chi connectivity index (χ3v) is 6.28. The zero-order valence-electron chi connectivity index (χ0n) is 16.7. The summed E-state index contributed by atoms with van der Waals surface area (Å²) >= 11 is 1.93. The zero-order chi connectivity index (χ0) is 17.6. The highest BCUT2D eigenvalue weighted by atomic mass is 35.5. The van der Waals surface area contributed by atoms with Crippen molar-refractivity contribution in [2.75, 3.05) is 0 Å². The highest BCUT2D eigenvalue weighted by Gasteiger charge is 2.09. The van der Waals surface area contributed by atoms with Crippen LogP contribution in [0.1, 0.15) is 102 Å². The quantitative estimate of drug-likeness (QED) is 0.386. The lowest BCUT2D eigenvalue weighted by molar-refractivity contribution is -0.350. The van der Waals surface area contributed by atoms with E-state index in [1.807, 2.05) is 11.3 Å². The van der Waals surface area contributed by atoms with E-state index in [1.165, 1.54) is 112 Å². The largest absolute Gasteiger partial charge is 1.00 e. The molecule has 1 aromatic carbocycles. The fourth-order valence-electron chi connectivity index (χ4n) is 3.56. The average Bonchev–Trinajstić information content (AvgIpc) is 3.05. The van der Waals surface area contributed by atoms with Crippen molar-refractivity contribution in [2.24, 2.45) is 0 Å². The van der Waals surface area contributed by atoms with Gasteiger partial charge in [0.05, 0.1) is 0 Å². The first-order valence-corrected chi connectivity index (χ1v) is 11.6. The standard InChI is InChI=1S/C23H37NS.ClH/c1-2-3-4-5-6-7-8-9-10-11-12-13-14-15-20-23-24-21-18-16-17-19-22(21)25-23;/h16-19H,2-15,20H2,1H3;1H. The lowest BCUT2D eigenvalue weighted by Crippen LogP contribution is -3.00. The smallest absolute Gasteiger partial charge is 0.236 e. The van der Waals surface area contributed by atoms with Crippen LogP contribution in [0.15, 0.2) is 24.3 Å². The van der Waals surface area contributed by atoms with Crippen molar-refractivity contribution in [1.82, 2.24) is 0 Å². The molecule has 0 radical (unpaired) electrons. The van der Waals surface area contributed by atoms with Gasteiger partial charge in [0.1, 0.15) is 4.70 Å². The van der Waals surface area contributed by atoms with Gasteiger partial charge in [0.2, 0.25) is 10.5 Å². The predicted molar refractivity (Wildman–Crippen MR) is 112 cm³/mol. The summed E-state index contributed by atoms with van der Waals surface area (Å²) in [5.41, 5.74) is 1.30. The molecule has 2 rings (SSSR count). The molecule has 0 atom stereocenters. The molecule has 0 spiro atoms. The number of aromatic amines is 1. The van der Waals surface area contributed by atoms with Gasteiger partial charge in [0.15, 0.2) is 0 Å². The van der Waals surface area contributed by atoms with E-state index in [0.717, 1.165) is 0 Å². The van der Waals surface area contributed by atoms with Gasteiger partial charge >= 0.3 is 0 Å². The van der Waals surface area contributed by atoms with E-state index in [4.69, 9.17) is 0 Å². The predicted octanol–water partition coefficient (Wildman–Crippen LogP) is 4.74. The third kappa shape index (κ3) is 9.92. The van der Waals surface area contributed by atoms with Crippen molar-refractivity contribution in [2.45, 2.75) is 103 Å². The summed E-state index contributed by atoms with van der Waals surface area (Å²) < 4.78 is 1.39. The van der Waals surface area contributed by atoms with Crippen molar-refractivity contribution in [3.63, 3.8) is 0 Å². The molecule has 0 bridgehead atoms. The summed E-state index contributed by atoms with van der Waals surface area (Å²) in [4.78, 5) is 3.56. The minimum absolute atomic E-state index is 0. The number of aryl methyl sites for hydroxylation is 1. The Morgan fingerprint density at radius 2 is 1.19 bits per heavy atom. The maximum atomic E-state index is 3.56. The van der Waals surface area contributed by atoms with Crippen LogP contribution in [0.4, 0.5) is 0 Å². The first-order valence-electron chi connectivity index (χ1n) is 10.8. The number of halogens is 1. The molecule has 3 heteroatoms. The van der Waals surface area contributed by atoms with Gasteiger partial charge in [0.25, 0.3) is 0 Å². The second-order valence-corrected chi connectivity index (χ2v) is 8.63. The first-order chi connectivity index (χ1) is 12.4. The molecule has 0 unspecified atom stereocenters. The van der Waals surface area contributed by atoms with E-state index < -0.39 is 0 Å². The van der Waals surface area contributed by atoms with E-state index in [-0.39, 0.29) is 12.4 Å². The van der Waals surface area contributed by atoms with Crippen molar-refractivity contribution in [3.05, 3.63) is 29.3 Å². The van der Waals surface area contributed by atoms with E-state index >= 15 is 0 Å². The van der Waals surface area contributed by atoms with Gasteiger partial charge in [-0.05, 0) is 12.5 Å². The number of nitrogens with one attached hydrogen (secondary N) is 1. The number of H-pyrrole nitrogens is 1. The monoisotopic (exact) mass is 395 g/mol. The topological polar surface area (TPSA) is 14.1 Å². The lowest BCUT2D eigenvalue weighted by Gasteiger charge is -2.02. The minimum atomic E-state index is 0. The average molecular weight is 396 g/mol. The summed E-state index contributed by atoms with van der Waals surface area (Å²) in [5.74, 6) is 0. The van der Waals surface area contributed by atoms with Crippen molar-refractivity contribution in [3.8, 4) is 0 Å². The summed E-state index contributed by atoms with van der Waals surface area (Å²) in [6.45, 7) is 2.29. The van der Waals surface area contributed by atoms with Crippen molar-refractivity contribution < 1.29 is 17.4 Å². The second kappa shape index (κ2) is 15.5. The highest BCUT2D eigenvalue weighted by molar-refractivity contribution is 7.18. The number of thiazole rings is 1. The molecule has 0 saturated heterocycles. The Morgan fingerprint density at radius 1 is 0.692 bits per heavy atom. The summed E-state index contributed by atoms with van der Waals surface area (Å²) in [7, 11) is 0. The molecule has 0 amide bonds. The molecule has 0 aliphatic rings. The highest BCUT2D eigenvalue weighted by Crippen LogP contribution is 2.20. The molecule has 26 heavy (non-hydrogen) atoms. The number of hydrogen-bond acceptors (Lipinski definition) is 1. The van der Waals surface area contributed by atoms with Crippen LogP contribution in [0.25, 0.3) is 10.2 Å². The van der Waals surface area contributed by atoms with E-state index in [9.17, 15) is 0 Å². The maximum absolute atomic E-state index is 3.56. The molecule has 148 valence electrons. The number of unbranched alkanes of at least 4 members (excludes halogenated alkanes) is 13. The summed E-state index contributed by atoms with van der Waals surface area (Å²) in [6, 6.07) is 8.64. The minimum Gasteiger partial charge on any atom is -1.00 e. The molecular weight excluding hydrogens is 358 g/mol. The second-order valence-electron chi connectivity index (χ2n) is 7.49. The van der Waals surface area contributed by atoms with Gasteiger partial charge in [-0.25, -0.2) is 0 Å². The molecule has 1 aromatic heterocycles. The Bertz CT molecular complexity index is 533. The molecule has 1 N–H and O–H groups in total. The summed E-state index contributed by atoms with van der Waals surface area (Å²) in [6.07, 6.45) is 21.3. The van der Waals surface area contributed by atoms with Gasteiger partial charge in [-0.3, -0.25) is 0 Å². The number of hydrogen-bond donors (Lipinski definition) is 0. The lowest BCUT2D eigenvalue weighted by atomic mass is 10.0. The van der Waals surface area contributed by atoms with Gasteiger partial charge in [-0.2, -0.15) is 4.98 Å². The van der Waals surface area contributed by atoms with Crippen molar-refractivity contribution in [1.29, 1.82) is 0 Å². The Balaban J connectivity index is 0.00000338. The third-order valence-electron chi connectivity index (χ3n) is 5.15.